The smallest absolute Gasteiger partial charge is 0.313 e. The molecule has 5 nitrogen and oxygen atoms in total. The Bertz CT molecular complexity index is 625. The molecule has 1 aromatic carbocycles. The minimum absolute atomic E-state index is 0.0264. The molecule has 0 bridgehead atoms. The fraction of sp³-hybridized carbons (Fsp3) is 0.600. The van der Waals surface area contributed by atoms with Crippen molar-refractivity contribution in [3.8, 4) is 0 Å². The minimum Gasteiger partial charge on any atom is -0.348 e. The van der Waals surface area contributed by atoms with Gasteiger partial charge in [-0.1, -0.05) is 19.9 Å². The molecule has 1 aliphatic rings. The third kappa shape index (κ3) is 6.41. The maximum atomic E-state index is 13.6. The number of halogens is 1. The van der Waals surface area contributed by atoms with Gasteiger partial charge in [-0.2, -0.15) is 0 Å². The average Bonchev–Trinajstić information content (AvgIpc) is 2.56. The second-order valence-electron chi connectivity index (χ2n) is 7.61. The molecule has 1 aromatic rings. The van der Waals surface area contributed by atoms with Crippen LogP contribution >= 0.6 is 0 Å². The molecule has 6 heteroatoms. The van der Waals surface area contributed by atoms with Crippen molar-refractivity contribution in [2.45, 2.75) is 40.0 Å². The summed E-state index contributed by atoms with van der Waals surface area (Å²) in [6.07, 6.45) is 3.09. The van der Waals surface area contributed by atoms with Crippen LogP contribution in [0.5, 0.6) is 0 Å². The van der Waals surface area contributed by atoms with E-state index < -0.39 is 17.6 Å². The molecule has 1 aliphatic heterocycles. The molecule has 0 saturated carbocycles. The Balaban J connectivity index is 1.65. The van der Waals surface area contributed by atoms with E-state index >= 15 is 0 Å². The number of likely N-dealkylation sites (tertiary alicyclic amines) is 1. The Morgan fingerprint density at radius 3 is 2.54 bits per heavy atom. The van der Waals surface area contributed by atoms with Gasteiger partial charge in [0.2, 0.25) is 0 Å². The number of hydrogen-bond donors (Lipinski definition) is 2. The number of nitrogens with one attached hydrogen (secondary N) is 2. The fourth-order valence-corrected chi connectivity index (χ4v) is 3.63. The van der Waals surface area contributed by atoms with Gasteiger partial charge in [0.1, 0.15) is 5.82 Å². The lowest BCUT2D eigenvalue weighted by atomic mass is 9.92. The van der Waals surface area contributed by atoms with Gasteiger partial charge in [-0.3, -0.25) is 9.59 Å². The van der Waals surface area contributed by atoms with E-state index in [0.717, 1.165) is 49.9 Å². The van der Waals surface area contributed by atoms with E-state index in [0.29, 0.717) is 6.54 Å². The topological polar surface area (TPSA) is 61.4 Å². The van der Waals surface area contributed by atoms with Gasteiger partial charge in [0.25, 0.3) is 0 Å². The van der Waals surface area contributed by atoms with Gasteiger partial charge in [-0.25, -0.2) is 4.39 Å². The molecule has 0 radical (unpaired) electrons. The van der Waals surface area contributed by atoms with Crippen LogP contribution in [-0.2, 0) is 9.59 Å². The summed E-state index contributed by atoms with van der Waals surface area (Å²) in [5, 5.41) is 4.92. The van der Waals surface area contributed by atoms with Crippen molar-refractivity contribution in [3.63, 3.8) is 0 Å². The van der Waals surface area contributed by atoms with Crippen LogP contribution in [0.15, 0.2) is 18.2 Å². The summed E-state index contributed by atoms with van der Waals surface area (Å²) < 4.78 is 13.6. The lowest BCUT2D eigenvalue weighted by Gasteiger charge is -2.34. The summed E-state index contributed by atoms with van der Waals surface area (Å²) in [7, 11) is 0. The Morgan fingerprint density at radius 1 is 1.15 bits per heavy atom. The standard InChI is InChI=1S/C20H30FN3O2/c1-14-6-7-17(21)18(11-14)23-20(26)19(25)22-8-4-5-9-24-12-15(2)10-16(3)13-24/h6-7,11,15-16H,4-5,8-10,12-13H2,1-3H3,(H,22,25)(H,23,26). The summed E-state index contributed by atoms with van der Waals surface area (Å²) in [5.41, 5.74) is 0.835. The molecule has 2 rings (SSSR count). The van der Waals surface area contributed by atoms with Gasteiger partial charge >= 0.3 is 11.8 Å². The van der Waals surface area contributed by atoms with E-state index in [2.05, 4.69) is 29.4 Å². The molecule has 2 unspecified atom stereocenters. The largest absolute Gasteiger partial charge is 0.348 e. The summed E-state index contributed by atoms with van der Waals surface area (Å²) in [6, 6.07) is 4.38. The predicted octanol–water partition coefficient (Wildman–Crippen LogP) is 2.95. The molecule has 2 amide bonds. The van der Waals surface area contributed by atoms with E-state index in [-0.39, 0.29) is 5.69 Å². The quantitative estimate of drug-likeness (QED) is 0.603. The van der Waals surface area contributed by atoms with Crippen LogP contribution in [0.3, 0.4) is 0 Å². The van der Waals surface area contributed by atoms with E-state index in [1.165, 1.54) is 18.6 Å². The van der Waals surface area contributed by atoms with Crippen molar-refractivity contribution in [2.24, 2.45) is 11.8 Å². The van der Waals surface area contributed by atoms with E-state index in [1.54, 1.807) is 13.0 Å². The highest BCUT2D eigenvalue weighted by Crippen LogP contribution is 2.21. The van der Waals surface area contributed by atoms with Crippen LogP contribution in [0.4, 0.5) is 10.1 Å². The second kappa shape index (κ2) is 9.67. The van der Waals surface area contributed by atoms with Crippen LogP contribution < -0.4 is 10.6 Å². The molecule has 1 heterocycles. The van der Waals surface area contributed by atoms with Crippen LogP contribution in [0.2, 0.25) is 0 Å². The molecular formula is C20H30FN3O2. The van der Waals surface area contributed by atoms with E-state index in [1.807, 2.05) is 0 Å². The maximum absolute atomic E-state index is 13.6. The molecule has 0 aliphatic carbocycles. The highest BCUT2D eigenvalue weighted by molar-refractivity contribution is 6.39. The SMILES string of the molecule is Cc1ccc(F)c(NC(=O)C(=O)NCCCCN2CC(C)CC(C)C2)c1. The number of benzene rings is 1. The molecule has 0 aromatic heterocycles. The first kappa shape index (κ1) is 20.4. The lowest BCUT2D eigenvalue weighted by molar-refractivity contribution is -0.136. The predicted molar refractivity (Wildman–Crippen MR) is 101 cm³/mol. The number of unbranched alkanes of at least 4 members (excludes halogenated alkanes) is 1. The van der Waals surface area contributed by atoms with Crippen LogP contribution in [-0.4, -0.2) is 42.9 Å². The summed E-state index contributed by atoms with van der Waals surface area (Å²) >= 11 is 0. The number of rotatable bonds is 6. The normalized spacial score (nSPS) is 20.6. The van der Waals surface area contributed by atoms with Crippen molar-refractivity contribution in [1.29, 1.82) is 0 Å². The zero-order valence-corrected chi connectivity index (χ0v) is 16.0. The first-order valence-electron chi connectivity index (χ1n) is 9.43. The van der Waals surface area contributed by atoms with Crippen molar-refractivity contribution >= 4 is 17.5 Å². The Kier molecular flexibility index (Phi) is 7.57. The number of carbonyl (C=O) groups excluding carboxylic acids is 2. The number of nitrogens with zero attached hydrogens (tertiary/aromatic N) is 1. The highest BCUT2D eigenvalue weighted by atomic mass is 19.1. The number of amides is 2. The number of aryl methyl sites for hydroxylation is 1. The monoisotopic (exact) mass is 363 g/mol. The minimum atomic E-state index is -0.840. The van der Waals surface area contributed by atoms with Crippen molar-refractivity contribution in [3.05, 3.63) is 29.6 Å². The Morgan fingerprint density at radius 2 is 1.85 bits per heavy atom. The summed E-state index contributed by atoms with van der Waals surface area (Å²) in [4.78, 5) is 26.2. The van der Waals surface area contributed by atoms with Crippen molar-refractivity contribution in [2.75, 3.05) is 31.5 Å². The average molecular weight is 363 g/mol. The first-order chi connectivity index (χ1) is 12.3. The highest BCUT2D eigenvalue weighted by Gasteiger charge is 2.21. The van der Waals surface area contributed by atoms with Crippen molar-refractivity contribution in [1.82, 2.24) is 10.2 Å². The molecular weight excluding hydrogens is 333 g/mol. The van der Waals surface area contributed by atoms with Gasteiger partial charge in [0.05, 0.1) is 5.69 Å². The Hall–Kier alpha value is -1.95. The number of hydrogen-bond acceptors (Lipinski definition) is 3. The molecule has 1 saturated heterocycles. The van der Waals surface area contributed by atoms with Gasteiger partial charge in [0.15, 0.2) is 0 Å². The molecule has 0 spiro atoms. The summed E-state index contributed by atoms with van der Waals surface area (Å²) in [5.74, 6) is -0.644. The number of carbonyl (C=O) groups is 2. The van der Waals surface area contributed by atoms with Gasteiger partial charge in [0, 0.05) is 19.6 Å². The van der Waals surface area contributed by atoms with Gasteiger partial charge < -0.3 is 15.5 Å². The number of piperidine rings is 1. The van der Waals surface area contributed by atoms with E-state index in [4.69, 9.17) is 0 Å². The molecule has 1 fully saturated rings. The van der Waals surface area contributed by atoms with Crippen LogP contribution in [0.1, 0.15) is 38.7 Å². The van der Waals surface area contributed by atoms with Crippen molar-refractivity contribution < 1.29 is 14.0 Å². The lowest BCUT2D eigenvalue weighted by Crippen LogP contribution is -2.39. The fourth-order valence-electron chi connectivity index (χ4n) is 3.63. The van der Waals surface area contributed by atoms with Gasteiger partial charge in [-0.15, -0.1) is 0 Å². The second-order valence-corrected chi connectivity index (χ2v) is 7.61. The third-order valence-corrected chi connectivity index (χ3v) is 4.71. The zero-order chi connectivity index (χ0) is 19.1. The molecule has 26 heavy (non-hydrogen) atoms. The zero-order valence-electron chi connectivity index (χ0n) is 16.0. The maximum Gasteiger partial charge on any atom is 0.313 e. The van der Waals surface area contributed by atoms with Gasteiger partial charge in [-0.05, 0) is 62.3 Å². The van der Waals surface area contributed by atoms with Crippen LogP contribution in [0.25, 0.3) is 0 Å². The van der Waals surface area contributed by atoms with E-state index in [9.17, 15) is 14.0 Å². The van der Waals surface area contributed by atoms with Crippen LogP contribution in [0, 0.1) is 24.6 Å². The molecule has 2 atom stereocenters. The molecule has 2 N–H and O–H groups in total. The Labute approximate surface area is 155 Å². The number of anilines is 1. The first-order valence-corrected chi connectivity index (χ1v) is 9.43. The third-order valence-electron chi connectivity index (χ3n) is 4.71. The summed E-state index contributed by atoms with van der Waals surface area (Å²) in [6.45, 7) is 10.1. The molecule has 144 valence electrons.